The van der Waals surface area contributed by atoms with Crippen LogP contribution in [0.5, 0.6) is 11.6 Å². The van der Waals surface area contributed by atoms with E-state index in [1.807, 2.05) is 41.1 Å². The lowest BCUT2D eigenvalue weighted by atomic mass is 10.2. The van der Waals surface area contributed by atoms with Crippen LogP contribution in [-0.2, 0) is 6.54 Å². The van der Waals surface area contributed by atoms with Gasteiger partial charge in [-0.15, -0.1) is 0 Å². The summed E-state index contributed by atoms with van der Waals surface area (Å²) in [4.78, 5) is 4.04. The van der Waals surface area contributed by atoms with E-state index in [4.69, 9.17) is 4.74 Å². The molecule has 0 aliphatic heterocycles. The zero-order valence-corrected chi connectivity index (χ0v) is 11.3. The maximum Gasteiger partial charge on any atom is 0.392 e. The van der Waals surface area contributed by atoms with Crippen LogP contribution in [0, 0.1) is 5.82 Å². The van der Waals surface area contributed by atoms with Gasteiger partial charge in [-0.3, -0.25) is 0 Å². The van der Waals surface area contributed by atoms with Gasteiger partial charge in [0.1, 0.15) is 6.20 Å². The zero-order chi connectivity index (χ0) is 14.5. The molecule has 21 heavy (non-hydrogen) atoms. The fraction of sp³-hybridized carbons (Fsp3) is 0.0588. The molecule has 0 unspecified atom stereocenters. The summed E-state index contributed by atoms with van der Waals surface area (Å²) in [5, 5.41) is 0. The minimum atomic E-state index is -0.396. The normalized spacial score (nSPS) is 10.3. The van der Waals surface area contributed by atoms with Crippen molar-refractivity contribution in [2.45, 2.75) is 6.54 Å². The van der Waals surface area contributed by atoms with E-state index in [0.29, 0.717) is 12.4 Å². The van der Waals surface area contributed by atoms with E-state index >= 15 is 0 Å². The number of rotatable bonds is 4. The molecule has 1 aromatic heterocycles. The second-order valence-electron chi connectivity index (χ2n) is 4.56. The molecular formula is C17H14FN2O+. The highest BCUT2D eigenvalue weighted by Crippen LogP contribution is 2.20. The number of hydrogen-bond acceptors (Lipinski definition) is 2. The lowest BCUT2D eigenvalue weighted by molar-refractivity contribution is -0.692. The Bertz CT molecular complexity index is 732. The standard InChI is InChI=1S/C17H14FN2O/c18-15-8-4-5-9-16(15)21-17-12-19-10-11-20(17)13-14-6-2-1-3-7-14/h1-12H,13H2/q+1. The fourth-order valence-corrected chi connectivity index (χ4v) is 2.01. The van der Waals surface area contributed by atoms with Crippen LogP contribution >= 0.6 is 0 Å². The topological polar surface area (TPSA) is 26.0 Å². The van der Waals surface area contributed by atoms with Crippen molar-refractivity contribution >= 4 is 0 Å². The molecule has 0 fully saturated rings. The average molecular weight is 281 g/mol. The Morgan fingerprint density at radius 2 is 1.76 bits per heavy atom. The molecule has 3 nitrogen and oxygen atoms in total. The predicted molar refractivity (Wildman–Crippen MR) is 76.5 cm³/mol. The molecule has 0 radical (unpaired) electrons. The first-order valence-electron chi connectivity index (χ1n) is 6.63. The van der Waals surface area contributed by atoms with E-state index in [0.717, 1.165) is 5.56 Å². The van der Waals surface area contributed by atoms with Crippen LogP contribution in [0.25, 0.3) is 0 Å². The highest BCUT2D eigenvalue weighted by atomic mass is 19.1. The molecule has 0 aliphatic rings. The maximum atomic E-state index is 13.7. The van der Waals surface area contributed by atoms with Crippen molar-refractivity contribution in [3.05, 3.63) is 84.6 Å². The van der Waals surface area contributed by atoms with Crippen LogP contribution in [0.4, 0.5) is 4.39 Å². The summed E-state index contributed by atoms with van der Waals surface area (Å²) in [6.45, 7) is 0.632. The number of hydrogen-bond donors (Lipinski definition) is 0. The van der Waals surface area contributed by atoms with Crippen LogP contribution in [0.3, 0.4) is 0 Å². The highest BCUT2D eigenvalue weighted by Gasteiger charge is 2.15. The van der Waals surface area contributed by atoms with Crippen molar-refractivity contribution < 1.29 is 13.7 Å². The Morgan fingerprint density at radius 1 is 1.00 bits per heavy atom. The van der Waals surface area contributed by atoms with Gasteiger partial charge in [-0.25, -0.2) is 9.37 Å². The summed E-state index contributed by atoms with van der Waals surface area (Å²) in [5.74, 6) is 0.284. The van der Waals surface area contributed by atoms with Crippen molar-refractivity contribution in [1.29, 1.82) is 0 Å². The van der Waals surface area contributed by atoms with Gasteiger partial charge in [-0.1, -0.05) is 42.5 Å². The molecule has 0 atom stereocenters. The first-order valence-corrected chi connectivity index (χ1v) is 6.63. The van der Waals surface area contributed by atoms with Gasteiger partial charge >= 0.3 is 5.88 Å². The summed E-state index contributed by atoms with van der Waals surface area (Å²) < 4.78 is 21.2. The van der Waals surface area contributed by atoms with Gasteiger partial charge in [0.25, 0.3) is 0 Å². The van der Waals surface area contributed by atoms with Crippen LogP contribution in [0.15, 0.2) is 73.2 Å². The molecule has 104 valence electrons. The molecule has 0 aliphatic carbocycles. The Morgan fingerprint density at radius 3 is 2.57 bits per heavy atom. The lowest BCUT2D eigenvalue weighted by Crippen LogP contribution is -2.35. The number of aromatic nitrogens is 2. The maximum absolute atomic E-state index is 13.7. The molecule has 3 aromatic rings. The first kappa shape index (κ1) is 13.2. The Kier molecular flexibility index (Phi) is 3.87. The summed E-state index contributed by atoms with van der Waals surface area (Å²) in [7, 11) is 0. The highest BCUT2D eigenvalue weighted by molar-refractivity contribution is 5.26. The molecule has 0 spiro atoms. The second kappa shape index (κ2) is 6.13. The largest absolute Gasteiger partial charge is 0.401 e. The van der Waals surface area contributed by atoms with Crippen LogP contribution < -0.4 is 9.30 Å². The van der Waals surface area contributed by atoms with Gasteiger partial charge in [0.15, 0.2) is 24.3 Å². The number of para-hydroxylation sites is 1. The molecule has 0 bridgehead atoms. The molecule has 0 saturated carbocycles. The van der Waals surface area contributed by atoms with E-state index in [-0.39, 0.29) is 5.75 Å². The van der Waals surface area contributed by atoms with E-state index in [2.05, 4.69) is 4.98 Å². The average Bonchev–Trinajstić information content (AvgIpc) is 2.52. The molecule has 0 N–H and O–H groups in total. The Hall–Kier alpha value is -2.75. The van der Waals surface area contributed by atoms with Gasteiger partial charge in [0.2, 0.25) is 0 Å². The predicted octanol–water partition coefficient (Wildman–Crippen LogP) is 3.35. The molecule has 4 heteroatoms. The SMILES string of the molecule is Fc1ccccc1Oc1cncc[n+]1Cc1ccccc1. The van der Waals surface area contributed by atoms with Crippen LogP contribution in [-0.4, -0.2) is 4.98 Å². The van der Waals surface area contributed by atoms with Crippen molar-refractivity contribution in [2.75, 3.05) is 0 Å². The summed E-state index contributed by atoms with van der Waals surface area (Å²) >= 11 is 0. The van der Waals surface area contributed by atoms with Crippen LogP contribution in [0.1, 0.15) is 5.56 Å². The van der Waals surface area contributed by atoms with E-state index < -0.39 is 5.82 Å². The third-order valence-electron chi connectivity index (χ3n) is 3.05. The van der Waals surface area contributed by atoms with Crippen molar-refractivity contribution in [2.24, 2.45) is 0 Å². The third-order valence-corrected chi connectivity index (χ3v) is 3.05. The van der Waals surface area contributed by atoms with E-state index in [1.165, 1.54) is 6.07 Å². The van der Waals surface area contributed by atoms with Gasteiger partial charge in [-0.05, 0) is 12.1 Å². The minimum Gasteiger partial charge on any atom is -0.401 e. The molecule has 0 amide bonds. The van der Waals surface area contributed by atoms with Gasteiger partial charge in [-0.2, -0.15) is 4.57 Å². The molecule has 1 heterocycles. The third kappa shape index (κ3) is 3.23. The van der Waals surface area contributed by atoms with Crippen molar-refractivity contribution in [1.82, 2.24) is 4.98 Å². The number of benzene rings is 2. The van der Waals surface area contributed by atoms with Gasteiger partial charge < -0.3 is 4.74 Å². The van der Waals surface area contributed by atoms with Gasteiger partial charge in [0, 0.05) is 5.56 Å². The first-order chi connectivity index (χ1) is 10.3. The molecule has 3 rings (SSSR count). The van der Waals surface area contributed by atoms with Crippen LogP contribution in [0.2, 0.25) is 0 Å². The van der Waals surface area contributed by atoms with E-state index in [1.54, 1.807) is 30.6 Å². The van der Waals surface area contributed by atoms with Crippen molar-refractivity contribution in [3.8, 4) is 11.6 Å². The smallest absolute Gasteiger partial charge is 0.392 e. The summed E-state index contributed by atoms with van der Waals surface area (Å²) in [6, 6.07) is 16.3. The number of nitrogens with zero attached hydrogens (tertiary/aromatic N) is 2. The molecule has 2 aromatic carbocycles. The number of ether oxygens (including phenoxy) is 1. The zero-order valence-electron chi connectivity index (χ0n) is 11.3. The Labute approximate surface area is 122 Å². The van der Waals surface area contributed by atoms with E-state index in [9.17, 15) is 4.39 Å². The minimum absolute atomic E-state index is 0.187. The summed E-state index contributed by atoms with van der Waals surface area (Å²) in [6.07, 6.45) is 5.07. The number of halogens is 1. The molecule has 0 saturated heterocycles. The fourth-order valence-electron chi connectivity index (χ4n) is 2.01. The Balaban J connectivity index is 1.88. The second-order valence-corrected chi connectivity index (χ2v) is 4.56. The quantitative estimate of drug-likeness (QED) is 0.685. The monoisotopic (exact) mass is 281 g/mol. The van der Waals surface area contributed by atoms with Crippen molar-refractivity contribution in [3.63, 3.8) is 0 Å². The summed E-state index contributed by atoms with van der Waals surface area (Å²) in [5.41, 5.74) is 1.13. The lowest BCUT2D eigenvalue weighted by Gasteiger charge is -2.06. The van der Waals surface area contributed by atoms with Gasteiger partial charge in [0.05, 0.1) is 6.20 Å². The molecular weight excluding hydrogens is 267 g/mol.